The number of aromatic nitrogens is 1. The second-order valence-electron chi connectivity index (χ2n) is 5.33. The average Bonchev–Trinajstić information content (AvgIpc) is 2.65. The van der Waals surface area contributed by atoms with Crippen molar-refractivity contribution in [3.8, 4) is 6.07 Å². The topological polar surface area (TPSA) is 77.8 Å². The van der Waals surface area contributed by atoms with Gasteiger partial charge in [-0.05, 0) is 54.6 Å². The molecular formula is C19H12ClFN4O. The summed E-state index contributed by atoms with van der Waals surface area (Å²) in [6, 6.07) is 16.2. The van der Waals surface area contributed by atoms with Gasteiger partial charge in [0.1, 0.15) is 11.5 Å². The van der Waals surface area contributed by atoms with Crippen LogP contribution in [0.1, 0.15) is 16.1 Å². The van der Waals surface area contributed by atoms with Crippen LogP contribution in [-0.4, -0.2) is 10.9 Å². The first-order chi connectivity index (χ1) is 12.5. The van der Waals surface area contributed by atoms with Gasteiger partial charge in [-0.15, -0.1) is 0 Å². The first-order valence-electron chi connectivity index (χ1n) is 7.55. The largest absolute Gasteiger partial charge is 0.355 e. The van der Waals surface area contributed by atoms with Crippen LogP contribution < -0.4 is 10.6 Å². The lowest BCUT2D eigenvalue weighted by Gasteiger charge is -2.09. The highest BCUT2D eigenvalue weighted by molar-refractivity contribution is 6.31. The minimum absolute atomic E-state index is 0.0769. The molecule has 0 unspecified atom stereocenters. The van der Waals surface area contributed by atoms with E-state index >= 15 is 0 Å². The van der Waals surface area contributed by atoms with Gasteiger partial charge in [0, 0.05) is 23.3 Å². The molecule has 0 radical (unpaired) electrons. The van der Waals surface area contributed by atoms with E-state index in [1.807, 2.05) is 6.07 Å². The zero-order chi connectivity index (χ0) is 18.5. The maximum absolute atomic E-state index is 13.2. The van der Waals surface area contributed by atoms with Crippen molar-refractivity contribution in [1.29, 1.82) is 5.26 Å². The van der Waals surface area contributed by atoms with E-state index in [2.05, 4.69) is 15.6 Å². The van der Waals surface area contributed by atoms with E-state index in [0.717, 1.165) is 5.69 Å². The fourth-order valence-electron chi connectivity index (χ4n) is 2.20. The quantitative estimate of drug-likeness (QED) is 0.699. The highest BCUT2D eigenvalue weighted by atomic mass is 35.5. The number of anilines is 3. The van der Waals surface area contributed by atoms with Gasteiger partial charge in [0.15, 0.2) is 0 Å². The van der Waals surface area contributed by atoms with Gasteiger partial charge in [-0.1, -0.05) is 11.6 Å². The first kappa shape index (κ1) is 17.4. The maximum Gasteiger partial charge on any atom is 0.274 e. The van der Waals surface area contributed by atoms with E-state index in [1.165, 1.54) is 24.4 Å². The van der Waals surface area contributed by atoms with Crippen molar-refractivity contribution in [2.75, 3.05) is 10.6 Å². The summed E-state index contributed by atoms with van der Waals surface area (Å²) < 4.78 is 13.2. The van der Waals surface area contributed by atoms with Crippen LogP contribution in [-0.2, 0) is 0 Å². The molecule has 0 saturated heterocycles. The van der Waals surface area contributed by atoms with E-state index in [-0.39, 0.29) is 10.7 Å². The Balaban J connectivity index is 1.74. The van der Waals surface area contributed by atoms with Crippen LogP contribution in [0.15, 0.2) is 60.8 Å². The number of hydrogen-bond donors (Lipinski definition) is 2. The van der Waals surface area contributed by atoms with Crippen molar-refractivity contribution in [1.82, 2.24) is 4.98 Å². The lowest BCUT2D eigenvalue weighted by Crippen LogP contribution is -2.13. The predicted octanol–water partition coefficient (Wildman–Crippen LogP) is 4.74. The summed E-state index contributed by atoms with van der Waals surface area (Å²) in [5, 5.41) is 14.5. The zero-order valence-electron chi connectivity index (χ0n) is 13.3. The van der Waals surface area contributed by atoms with Crippen LogP contribution in [0.5, 0.6) is 0 Å². The smallest absolute Gasteiger partial charge is 0.274 e. The van der Waals surface area contributed by atoms with Crippen molar-refractivity contribution in [2.45, 2.75) is 0 Å². The van der Waals surface area contributed by atoms with Gasteiger partial charge in [0.05, 0.1) is 16.7 Å². The summed E-state index contributed by atoms with van der Waals surface area (Å²) in [6.07, 6.45) is 1.50. The number of amides is 1. The van der Waals surface area contributed by atoms with E-state index in [0.29, 0.717) is 16.9 Å². The second kappa shape index (κ2) is 7.64. The van der Waals surface area contributed by atoms with Crippen LogP contribution in [0.25, 0.3) is 0 Å². The van der Waals surface area contributed by atoms with Gasteiger partial charge >= 0.3 is 0 Å². The molecule has 0 spiro atoms. The van der Waals surface area contributed by atoms with Gasteiger partial charge in [-0.2, -0.15) is 5.26 Å². The Kier molecular flexibility index (Phi) is 5.11. The maximum atomic E-state index is 13.2. The number of carbonyl (C=O) groups excluding carboxylic acids is 1. The molecule has 0 aliphatic carbocycles. The van der Waals surface area contributed by atoms with Gasteiger partial charge in [0.2, 0.25) is 0 Å². The molecule has 0 atom stereocenters. The molecule has 2 aromatic carbocycles. The molecule has 0 bridgehead atoms. The molecule has 5 nitrogen and oxygen atoms in total. The average molecular weight is 367 g/mol. The second-order valence-corrected chi connectivity index (χ2v) is 5.73. The number of halogens is 2. The minimum atomic E-state index is -0.559. The lowest BCUT2D eigenvalue weighted by molar-refractivity contribution is 0.102. The number of rotatable bonds is 4. The van der Waals surface area contributed by atoms with E-state index < -0.39 is 11.7 Å². The number of carbonyl (C=O) groups is 1. The van der Waals surface area contributed by atoms with Gasteiger partial charge in [0.25, 0.3) is 5.91 Å². The Labute approximate surface area is 154 Å². The third-order valence-corrected chi connectivity index (χ3v) is 3.76. The van der Waals surface area contributed by atoms with Crippen molar-refractivity contribution < 1.29 is 9.18 Å². The summed E-state index contributed by atoms with van der Waals surface area (Å²) >= 11 is 5.71. The molecule has 3 aromatic rings. The number of hydrogen-bond acceptors (Lipinski definition) is 4. The predicted molar refractivity (Wildman–Crippen MR) is 98.0 cm³/mol. The molecule has 2 N–H and O–H groups in total. The third kappa shape index (κ3) is 4.15. The van der Waals surface area contributed by atoms with Crippen molar-refractivity contribution in [2.24, 2.45) is 0 Å². The molecule has 128 valence electrons. The molecule has 1 heterocycles. The number of nitrogens with one attached hydrogen (secondary N) is 2. The van der Waals surface area contributed by atoms with Crippen LogP contribution in [0.4, 0.5) is 21.5 Å². The summed E-state index contributed by atoms with van der Waals surface area (Å²) in [4.78, 5) is 16.4. The summed E-state index contributed by atoms with van der Waals surface area (Å²) in [7, 11) is 0. The Morgan fingerprint density at radius 3 is 2.46 bits per heavy atom. The van der Waals surface area contributed by atoms with Crippen molar-refractivity contribution in [3.05, 3.63) is 82.9 Å². The fraction of sp³-hybridized carbons (Fsp3) is 0. The van der Waals surface area contributed by atoms with Crippen LogP contribution >= 0.6 is 11.6 Å². The Bertz CT molecular complexity index is 999. The highest BCUT2D eigenvalue weighted by Crippen LogP contribution is 2.21. The molecule has 0 saturated carbocycles. The Morgan fingerprint density at radius 1 is 1.04 bits per heavy atom. The molecule has 26 heavy (non-hydrogen) atoms. The Hall–Kier alpha value is -3.43. The number of benzene rings is 2. The Morgan fingerprint density at radius 2 is 1.77 bits per heavy atom. The van der Waals surface area contributed by atoms with Crippen LogP contribution in [0.2, 0.25) is 5.02 Å². The molecule has 3 rings (SSSR count). The monoisotopic (exact) mass is 366 g/mol. The molecule has 7 heteroatoms. The molecule has 1 amide bonds. The summed E-state index contributed by atoms with van der Waals surface area (Å²) in [5.41, 5.74) is 2.54. The molecular weight excluding hydrogens is 355 g/mol. The minimum Gasteiger partial charge on any atom is -0.355 e. The molecule has 0 aliphatic rings. The lowest BCUT2D eigenvalue weighted by atomic mass is 10.2. The number of nitriles is 1. The zero-order valence-corrected chi connectivity index (χ0v) is 14.1. The van der Waals surface area contributed by atoms with Crippen LogP contribution in [0.3, 0.4) is 0 Å². The molecule has 0 aliphatic heterocycles. The van der Waals surface area contributed by atoms with E-state index in [9.17, 15) is 9.18 Å². The van der Waals surface area contributed by atoms with E-state index in [4.69, 9.17) is 16.9 Å². The van der Waals surface area contributed by atoms with E-state index in [1.54, 1.807) is 36.4 Å². The SMILES string of the molecule is N#Cc1ccc(Nc2ccnc(C(=O)Nc3ccc(F)c(Cl)c3)c2)cc1. The summed E-state index contributed by atoms with van der Waals surface area (Å²) in [6.45, 7) is 0. The number of nitrogens with zero attached hydrogens (tertiary/aromatic N) is 2. The van der Waals surface area contributed by atoms with Crippen LogP contribution in [0, 0.1) is 17.1 Å². The van der Waals surface area contributed by atoms with Crippen molar-refractivity contribution in [3.63, 3.8) is 0 Å². The van der Waals surface area contributed by atoms with Crippen molar-refractivity contribution >= 4 is 34.6 Å². The third-order valence-electron chi connectivity index (χ3n) is 3.47. The normalized spacial score (nSPS) is 10.0. The highest BCUT2D eigenvalue weighted by Gasteiger charge is 2.10. The number of pyridine rings is 1. The van der Waals surface area contributed by atoms with Gasteiger partial charge in [-0.25, -0.2) is 4.39 Å². The first-order valence-corrected chi connectivity index (χ1v) is 7.92. The standard InChI is InChI=1S/C19H12ClFN4O/c20-16-9-14(5-6-17(16)21)25-19(26)18-10-15(7-8-23-18)24-13-3-1-12(11-22)2-4-13/h1-10H,(H,23,24)(H,25,26). The van der Waals surface area contributed by atoms with Gasteiger partial charge < -0.3 is 10.6 Å². The fourth-order valence-corrected chi connectivity index (χ4v) is 2.38. The molecule has 1 aromatic heterocycles. The van der Waals surface area contributed by atoms with Gasteiger partial charge in [-0.3, -0.25) is 9.78 Å². The molecule has 0 fully saturated rings. The summed E-state index contributed by atoms with van der Waals surface area (Å²) in [5.74, 6) is -1.01.